The van der Waals surface area contributed by atoms with Gasteiger partial charge in [0.25, 0.3) is 5.91 Å². The first kappa shape index (κ1) is 21.8. The van der Waals surface area contributed by atoms with E-state index in [4.69, 9.17) is 11.6 Å². The maximum Gasteiger partial charge on any atom is 0.255 e. The third kappa shape index (κ3) is 5.06. The molecule has 5 nitrogen and oxygen atoms in total. The van der Waals surface area contributed by atoms with E-state index in [-0.39, 0.29) is 5.91 Å². The van der Waals surface area contributed by atoms with Crippen LogP contribution in [0.1, 0.15) is 35.6 Å². The van der Waals surface area contributed by atoms with Gasteiger partial charge in [-0.3, -0.25) is 4.79 Å². The molecule has 1 heterocycles. The van der Waals surface area contributed by atoms with E-state index >= 15 is 0 Å². The molecule has 0 spiro atoms. The van der Waals surface area contributed by atoms with E-state index in [1.54, 1.807) is 0 Å². The zero-order valence-corrected chi connectivity index (χ0v) is 18.9. The molecule has 0 saturated carbocycles. The summed E-state index contributed by atoms with van der Waals surface area (Å²) in [4.78, 5) is 23.7. The molecule has 6 heteroatoms. The molecule has 0 atom stereocenters. The van der Waals surface area contributed by atoms with Crippen molar-refractivity contribution in [2.24, 2.45) is 0 Å². The summed E-state index contributed by atoms with van der Waals surface area (Å²) >= 11 is 6.17. The Bertz CT molecular complexity index is 1240. The minimum Gasteiger partial charge on any atom is -0.357 e. The molecule has 1 radical (unpaired) electrons. The van der Waals surface area contributed by atoms with Crippen LogP contribution >= 0.6 is 11.6 Å². The number of hydrogen-bond donors (Lipinski definition) is 1. The number of rotatable bonds is 7. The highest BCUT2D eigenvalue weighted by molar-refractivity contribution is 6.29. The standard InChI is InChI=1S/C26H24ClN4O/c1-3-31(4-2)25-17-23(27)29-24(30-25)15-18-9-13-22(14-10-18)28-26(32)21-12-11-19-7-5-6-8-20(19)16-21/h5-14,16H,3-4,15H2,1-2H3,(H,28,32). The number of aromatic nitrogens is 2. The Balaban J connectivity index is 1.45. The summed E-state index contributed by atoms with van der Waals surface area (Å²) in [5, 5.41) is 5.43. The number of anilines is 2. The van der Waals surface area contributed by atoms with Crippen LogP contribution < -0.4 is 10.2 Å². The summed E-state index contributed by atoms with van der Waals surface area (Å²) in [7, 11) is 0. The first-order chi connectivity index (χ1) is 15.6. The van der Waals surface area contributed by atoms with Crippen LogP contribution in [0.25, 0.3) is 10.8 Å². The second-order valence-corrected chi connectivity index (χ2v) is 7.80. The number of halogens is 1. The quantitative estimate of drug-likeness (QED) is 0.368. The van der Waals surface area contributed by atoms with Crippen LogP contribution in [0.5, 0.6) is 0 Å². The Morgan fingerprint density at radius 2 is 1.69 bits per heavy atom. The van der Waals surface area contributed by atoms with E-state index in [0.717, 1.165) is 35.1 Å². The first-order valence-corrected chi connectivity index (χ1v) is 11.0. The van der Waals surface area contributed by atoms with Crippen LogP contribution in [0, 0.1) is 6.07 Å². The molecule has 0 unspecified atom stereocenters. The smallest absolute Gasteiger partial charge is 0.255 e. The SMILES string of the molecule is CCN(CC)c1[c]c(Cl)nc(Cc2ccc(NC(=O)c3ccc4ccccc4c3)cc2)n1. The largest absolute Gasteiger partial charge is 0.357 e. The van der Waals surface area contributed by atoms with Crippen molar-refractivity contribution in [3.63, 3.8) is 0 Å². The van der Waals surface area contributed by atoms with E-state index in [2.05, 4.69) is 40.1 Å². The number of nitrogens with zero attached hydrogens (tertiary/aromatic N) is 3. The van der Waals surface area contributed by atoms with Crippen LogP contribution in [0.2, 0.25) is 5.15 Å². The Morgan fingerprint density at radius 1 is 0.969 bits per heavy atom. The number of amides is 1. The van der Waals surface area contributed by atoms with Crippen LogP contribution in [0.15, 0.2) is 66.7 Å². The number of fused-ring (bicyclic) bond motifs is 1. The molecule has 1 aromatic heterocycles. The zero-order valence-electron chi connectivity index (χ0n) is 18.1. The van der Waals surface area contributed by atoms with Crippen molar-refractivity contribution >= 4 is 39.8 Å². The zero-order chi connectivity index (χ0) is 22.5. The number of carbonyl (C=O) groups excluding carboxylic acids is 1. The lowest BCUT2D eigenvalue weighted by molar-refractivity contribution is 0.102. The first-order valence-electron chi connectivity index (χ1n) is 10.7. The van der Waals surface area contributed by atoms with Gasteiger partial charge in [0.1, 0.15) is 16.8 Å². The molecular formula is C26H24ClN4O. The average molecular weight is 444 g/mol. The molecule has 0 fully saturated rings. The maximum absolute atomic E-state index is 12.7. The van der Waals surface area contributed by atoms with Gasteiger partial charge in [0.2, 0.25) is 0 Å². The van der Waals surface area contributed by atoms with Gasteiger partial charge in [-0.2, -0.15) is 0 Å². The van der Waals surface area contributed by atoms with Crippen molar-refractivity contribution in [3.05, 3.63) is 94.9 Å². The molecule has 1 N–H and O–H groups in total. The minimum atomic E-state index is -0.138. The molecule has 4 rings (SSSR count). The second-order valence-electron chi connectivity index (χ2n) is 7.44. The van der Waals surface area contributed by atoms with Crippen LogP contribution in [0.4, 0.5) is 11.5 Å². The lowest BCUT2D eigenvalue weighted by Crippen LogP contribution is -2.23. The van der Waals surface area contributed by atoms with Gasteiger partial charge < -0.3 is 10.2 Å². The van der Waals surface area contributed by atoms with Crippen molar-refractivity contribution in [1.29, 1.82) is 0 Å². The molecule has 0 aliphatic rings. The summed E-state index contributed by atoms with van der Waals surface area (Å²) in [6, 6.07) is 24.4. The van der Waals surface area contributed by atoms with Crippen molar-refractivity contribution in [2.45, 2.75) is 20.3 Å². The molecule has 0 aliphatic carbocycles. The molecule has 3 aromatic carbocycles. The molecule has 32 heavy (non-hydrogen) atoms. The second kappa shape index (κ2) is 9.79. The predicted molar refractivity (Wildman–Crippen MR) is 131 cm³/mol. The molecule has 4 aromatic rings. The van der Waals surface area contributed by atoms with E-state index in [9.17, 15) is 4.79 Å². The third-order valence-electron chi connectivity index (χ3n) is 5.33. The van der Waals surface area contributed by atoms with Crippen LogP contribution in [-0.2, 0) is 6.42 Å². The van der Waals surface area contributed by atoms with Gasteiger partial charge >= 0.3 is 0 Å². The topological polar surface area (TPSA) is 58.1 Å². The highest BCUT2D eigenvalue weighted by Crippen LogP contribution is 2.20. The molecule has 0 bridgehead atoms. The van der Waals surface area contributed by atoms with Crippen LogP contribution in [0.3, 0.4) is 0 Å². The molecule has 0 aliphatic heterocycles. The van der Waals surface area contributed by atoms with E-state index < -0.39 is 0 Å². The number of hydrogen-bond acceptors (Lipinski definition) is 4. The van der Waals surface area contributed by atoms with Crippen molar-refractivity contribution in [3.8, 4) is 0 Å². The van der Waals surface area contributed by atoms with Gasteiger partial charge in [-0.25, -0.2) is 9.97 Å². The Hall–Kier alpha value is -3.44. The fourth-order valence-corrected chi connectivity index (χ4v) is 3.77. The van der Waals surface area contributed by atoms with E-state index in [0.29, 0.717) is 28.8 Å². The summed E-state index contributed by atoms with van der Waals surface area (Å²) in [6.45, 7) is 5.78. The Kier molecular flexibility index (Phi) is 6.66. The van der Waals surface area contributed by atoms with Gasteiger partial charge in [-0.1, -0.05) is 54.1 Å². The molecule has 0 saturated heterocycles. The Labute approximate surface area is 193 Å². The minimum absolute atomic E-state index is 0.138. The monoisotopic (exact) mass is 443 g/mol. The average Bonchev–Trinajstić information content (AvgIpc) is 2.80. The van der Waals surface area contributed by atoms with Gasteiger partial charge in [0.05, 0.1) is 6.07 Å². The van der Waals surface area contributed by atoms with Crippen molar-refractivity contribution < 1.29 is 4.79 Å². The van der Waals surface area contributed by atoms with E-state index in [1.807, 2.05) is 66.7 Å². The highest BCUT2D eigenvalue weighted by Gasteiger charge is 2.11. The molecular weight excluding hydrogens is 420 g/mol. The van der Waals surface area contributed by atoms with E-state index in [1.165, 1.54) is 0 Å². The fourth-order valence-electron chi connectivity index (χ4n) is 3.58. The maximum atomic E-state index is 12.7. The number of benzene rings is 3. The number of carbonyl (C=O) groups is 1. The number of nitrogens with one attached hydrogen (secondary N) is 1. The Morgan fingerprint density at radius 3 is 2.41 bits per heavy atom. The summed E-state index contributed by atoms with van der Waals surface area (Å²) in [5.74, 6) is 1.22. The summed E-state index contributed by atoms with van der Waals surface area (Å²) in [5.41, 5.74) is 2.39. The highest BCUT2D eigenvalue weighted by atomic mass is 35.5. The third-order valence-corrected chi connectivity index (χ3v) is 5.50. The molecule has 1 amide bonds. The lowest BCUT2D eigenvalue weighted by atomic mass is 10.1. The van der Waals surface area contributed by atoms with Gasteiger partial charge in [0, 0.05) is 30.8 Å². The van der Waals surface area contributed by atoms with Crippen LogP contribution in [-0.4, -0.2) is 29.0 Å². The fraction of sp³-hybridized carbons (Fsp3) is 0.192. The van der Waals surface area contributed by atoms with Gasteiger partial charge in [0.15, 0.2) is 0 Å². The van der Waals surface area contributed by atoms with Crippen molar-refractivity contribution in [2.75, 3.05) is 23.3 Å². The predicted octanol–water partition coefficient (Wildman–Crippen LogP) is 5.77. The van der Waals surface area contributed by atoms with Gasteiger partial charge in [-0.15, -0.1) is 0 Å². The van der Waals surface area contributed by atoms with Gasteiger partial charge in [-0.05, 0) is 54.4 Å². The van der Waals surface area contributed by atoms with Crippen molar-refractivity contribution in [1.82, 2.24) is 9.97 Å². The summed E-state index contributed by atoms with van der Waals surface area (Å²) in [6.07, 6.45) is 0.543. The normalized spacial score (nSPS) is 10.8. The molecule has 161 valence electrons. The summed E-state index contributed by atoms with van der Waals surface area (Å²) < 4.78 is 0. The lowest BCUT2D eigenvalue weighted by Gasteiger charge is -2.19.